The molecule has 25 heavy (non-hydrogen) atoms. The Morgan fingerprint density at radius 2 is 2.12 bits per heavy atom. The summed E-state index contributed by atoms with van der Waals surface area (Å²) in [6, 6.07) is 5.53. The minimum Gasteiger partial charge on any atom is -0.496 e. The second-order valence-electron chi connectivity index (χ2n) is 6.54. The molecule has 8 nitrogen and oxygen atoms in total. The lowest BCUT2D eigenvalue weighted by atomic mass is 10.1. The van der Waals surface area contributed by atoms with Crippen LogP contribution in [0, 0.1) is 4.91 Å². The highest BCUT2D eigenvalue weighted by Gasteiger charge is 2.25. The van der Waals surface area contributed by atoms with Gasteiger partial charge in [-0.1, -0.05) is 11.2 Å². The Balaban J connectivity index is 2.44. The molecule has 0 aliphatic rings. The Morgan fingerprint density at radius 3 is 2.76 bits per heavy atom. The molecule has 8 heteroatoms. The SMILES string of the molecule is COc1cccc2nc(N)c3nc(CCO)n(CC(C)(C)N=O)c3c12. The van der Waals surface area contributed by atoms with E-state index >= 15 is 0 Å². The van der Waals surface area contributed by atoms with E-state index in [0.29, 0.717) is 41.4 Å². The molecule has 0 fully saturated rings. The number of nitroso groups, excluding NO2 is 1. The van der Waals surface area contributed by atoms with Gasteiger partial charge < -0.3 is 20.1 Å². The highest BCUT2D eigenvalue weighted by molar-refractivity contribution is 6.09. The van der Waals surface area contributed by atoms with Crippen LogP contribution >= 0.6 is 0 Å². The average molecular weight is 343 g/mol. The van der Waals surface area contributed by atoms with E-state index in [0.717, 1.165) is 10.9 Å². The molecule has 132 valence electrons. The predicted octanol–water partition coefficient (Wildman–Crippen LogP) is 2.26. The summed E-state index contributed by atoms with van der Waals surface area (Å²) in [6.07, 6.45) is 0.333. The summed E-state index contributed by atoms with van der Waals surface area (Å²) >= 11 is 0. The maximum absolute atomic E-state index is 11.2. The number of pyridine rings is 1. The van der Waals surface area contributed by atoms with Gasteiger partial charge in [0.15, 0.2) is 5.82 Å². The van der Waals surface area contributed by atoms with E-state index < -0.39 is 5.54 Å². The molecule has 0 atom stereocenters. The second kappa shape index (κ2) is 6.29. The fourth-order valence-corrected chi connectivity index (χ4v) is 3.01. The van der Waals surface area contributed by atoms with Crippen molar-refractivity contribution in [2.24, 2.45) is 5.18 Å². The number of rotatable bonds is 6. The fraction of sp³-hybridized carbons (Fsp3) is 0.412. The van der Waals surface area contributed by atoms with E-state index in [9.17, 15) is 10.0 Å². The van der Waals surface area contributed by atoms with Gasteiger partial charge in [-0.2, -0.15) is 4.91 Å². The van der Waals surface area contributed by atoms with E-state index in [1.807, 2.05) is 22.8 Å². The lowest BCUT2D eigenvalue weighted by Gasteiger charge is -2.19. The number of hydrogen-bond acceptors (Lipinski definition) is 7. The maximum Gasteiger partial charge on any atom is 0.152 e. The van der Waals surface area contributed by atoms with Crippen molar-refractivity contribution in [1.29, 1.82) is 0 Å². The molecular weight excluding hydrogens is 322 g/mol. The van der Waals surface area contributed by atoms with Crippen molar-refractivity contribution in [2.75, 3.05) is 19.5 Å². The Kier molecular flexibility index (Phi) is 4.30. The van der Waals surface area contributed by atoms with Gasteiger partial charge in [0.1, 0.15) is 22.6 Å². The third-order valence-corrected chi connectivity index (χ3v) is 4.12. The van der Waals surface area contributed by atoms with Crippen LogP contribution in [-0.4, -0.2) is 38.9 Å². The van der Waals surface area contributed by atoms with E-state index in [4.69, 9.17) is 10.5 Å². The van der Waals surface area contributed by atoms with Crippen LogP contribution in [0.15, 0.2) is 23.4 Å². The highest BCUT2D eigenvalue weighted by Crippen LogP contribution is 2.35. The highest BCUT2D eigenvalue weighted by atomic mass is 16.5. The molecule has 3 rings (SSSR count). The molecule has 0 aliphatic heterocycles. The molecule has 1 aromatic carbocycles. The predicted molar refractivity (Wildman–Crippen MR) is 96.7 cm³/mol. The monoisotopic (exact) mass is 343 g/mol. The van der Waals surface area contributed by atoms with E-state index in [-0.39, 0.29) is 6.61 Å². The Hall–Kier alpha value is -2.74. The van der Waals surface area contributed by atoms with E-state index in [1.54, 1.807) is 21.0 Å². The molecule has 0 spiro atoms. The number of hydrogen-bond donors (Lipinski definition) is 2. The van der Waals surface area contributed by atoms with Gasteiger partial charge in [0.25, 0.3) is 0 Å². The van der Waals surface area contributed by atoms with Crippen LogP contribution in [0.2, 0.25) is 0 Å². The number of nitrogens with two attached hydrogens (primary N) is 1. The number of imidazole rings is 1. The molecule has 0 unspecified atom stereocenters. The van der Waals surface area contributed by atoms with Crippen molar-refractivity contribution in [2.45, 2.75) is 32.4 Å². The van der Waals surface area contributed by atoms with Gasteiger partial charge in [0.2, 0.25) is 0 Å². The minimum absolute atomic E-state index is 0.0688. The standard InChI is InChI=1S/C17H21N5O3/c1-17(2,21-24)9-22-12(7-8-23)20-14-15(22)13-10(19-16(14)18)5-4-6-11(13)25-3/h4-6,23H,7-9H2,1-3H3,(H2,18,19). The third kappa shape index (κ3) is 2.89. The number of benzene rings is 1. The Morgan fingerprint density at radius 1 is 1.36 bits per heavy atom. The Labute approximate surface area is 144 Å². The summed E-state index contributed by atoms with van der Waals surface area (Å²) in [6.45, 7) is 3.73. The lowest BCUT2D eigenvalue weighted by Crippen LogP contribution is -2.25. The van der Waals surface area contributed by atoms with Crippen molar-refractivity contribution in [1.82, 2.24) is 14.5 Å². The molecular formula is C17H21N5O3. The van der Waals surface area contributed by atoms with Gasteiger partial charge in [-0.25, -0.2) is 9.97 Å². The van der Waals surface area contributed by atoms with Gasteiger partial charge in [0, 0.05) is 6.42 Å². The Bertz CT molecular complexity index is 948. The van der Waals surface area contributed by atoms with Crippen LogP contribution in [0.25, 0.3) is 21.9 Å². The number of nitrogen functional groups attached to an aromatic ring is 1. The topological polar surface area (TPSA) is 116 Å². The first-order valence-electron chi connectivity index (χ1n) is 7.98. The van der Waals surface area contributed by atoms with Crippen molar-refractivity contribution in [3.8, 4) is 5.75 Å². The molecule has 0 amide bonds. The quantitative estimate of drug-likeness (QED) is 0.663. The molecule has 3 aromatic rings. The number of methoxy groups -OCH3 is 1. The molecule has 0 aliphatic carbocycles. The summed E-state index contributed by atoms with van der Waals surface area (Å²) in [7, 11) is 1.59. The molecule has 3 N–H and O–H groups in total. The van der Waals surface area contributed by atoms with E-state index in [2.05, 4.69) is 15.1 Å². The zero-order valence-electron chi connectivity index (χ0n) is 14.5. The van der Waals surface area contributed by atoms with Crippen LogP contribution < -0.4 is 10.5 Å². The minimum atomic E-state index is -0.843. The summed E-state index contributed by atoms with van der Waals surface area (Å²) < 4.78 is 7.38. The second-order valence-corrected chi connectivity index (χ2v) is 6.54. The number of fused-ring (bicyclic) bond motifs is 3. The average Bonchev–Trinajstić information content (AvgIpc) is 2.93. The van der Waals surface area contributed by atoms with E-state index in [1.165, 1.54) is 0 Å². The van der Waals surface area contributed by atoms with Gasteiger partial charge in [-0.05, 0) is 26.0 Å². The van der Waals surface area contributed by atoms with Crippen LogP contribution in [0.5, 0.6) is 5.75 Å². The summed E-state index contributed by atoms with van der Waals surface area (Å²) in [5.74, 6) is 1.57. The van der Waals surface area contributed by atoms with Gasteiger partial charge in [-0.3, -0.25) is 0 Å². The normalized spacial score (nSPS) is 12.0. The molecule has 2 aromatic heterocycles. The third-order valence-electron chi connectivity index (χ3n) is 4.12. The molecule has 2 heterocycles. The number of aliphatic hydroxyl groups excluding tert-OH is 1. The number of aromatic nitrogens is 3. The summed E-state index contributed by atoms with van der Waals surface area (Å²) in [5.41, 5.74) is 7.21. The first kappa shape index (κ1) is 17.1. The number of anilines is 1. The van der Waals surface area contributed by atoms with Crippen LogP contribution in [0.3, 0.4) is 0 Å². The maximum atomic E-state index is 11.2. The van der Waals surface area contributed by atoms with Gasteiger partial charge >= 0.3 is 0 Å². The largest absolute Gasteiger partial charge is 0.496 e. The number of aliphatic hydroxyl groups is 1. The summed E-state index contributed by atoms with van der Waals surface area (Å²) in [4.78, 5) is 20.2. The van der Waals surface area contributed by atoms with Crippen molar-refractivity contribution < 1.29 is 9.84 Å². The number of nitrogens with zero attached hydrogens (tertiary/aromatic N) is 4. The van der Waals surface area contributed by atoms with Crippen molar-refractivity contribution in [3.63, 3.8) is 0 Å². The molecule has 0 saturated heterocycles. The smallest absolute Gasteiger partial charge is 0.152 e. The van der Waals surface area contributed by atoms with Crippen LogP contribution in [0.4, 0.5) is 5.82 Å². The lowest BCUT2D eigenvalue weighted by molar-refractivity contribution is 0.293. The molecule has 0 bridgehead atoms. The molecule has 0 radical (unpaired) electrons. The van der Waals surface area contributed by atoms with Gasteiger partial charge in [-0.15, -0.1) is 0 Å². The fourth-order valence-electron chi connectivity index (χ4n) is 3.01. The zero-order valence-corrected chi connectivity index (χ0v) is 14.5. The first-order valence-corrected chi connectivity index (χ1v) is 7.98. The van der Waals surface area contributed by atoms with Crippen LogP contribution in [0.1, 0.15) is 19.7 Å². The van der Waals surface area contributed by atoms with Gasteiger partial charge in [0.05, 0.1) is 36.7 Å². The van der Waals surface area contributed by atoms with Crippen molar-refractivity contribution in [3.05, 3.63) is 28.9 Å². The first-order chi connectivity index (χ1) is 11.9. The van der Waals surface area contributed by atoms with Crippen molar-refractivity contribution >= 4 is 27.8 Å². The summed E-state index contributed by atoms with van der Waals surface area (Å²) in [5, 5.41) is 13.4. The molecule has 0 saturated carbocycles. The number of ether oxygens (including phenoxy) is 1. The van der Waals surface area contributed by atoms with Crippen LogP contribution in [-0.2, 0) is 13.0 Å². The zero-order chi connectivity index (χ0) is 18.2.